The quantitative estimate of drug-likeness (QED) is 0.742. The van der Waals surface area contributed by atoms with Gasteiger partial charge in [-0.15, -0.1) is 0 Å². The van der Waals surface area contributed by atoms with E-state index in [1.165, 1.54) is 5.56 Å². The molecule has 1 unspecified atom stereocenters. The summed E-state index contributed by atoms with van der Waals surface area (Å²) >= 11 is 0. The summed E-state index contributed by atoms with van der Waals surface area (Å²) < 4.78 is 5.85. The second-order valence-electron chi connectivity index (χ2n) is 4.70. The Hall–Kier alpha value is -1.06. The highest BCUT2D eigenvalue weighted by atomic mass is 16.5. The zero-order valence-electron chi connectivity index (χ0n) is 12.8. The van der Waals surface area contributed by atoms with Gasteiger partial charge in [-0.1, -0.05) is 32.9 Å². The van der Waals surface area contributed by atoms with Crippen LogP contribution in [0.25, 0.3) is 0 Å². The van der Waals surface area contributed by atoms with Gasteiger partial charge in [0.25, 0.3) is 0 Å². The lowest BCUT2D eigenvalue weighted by Crippen LogP contribution is -2.27. The van der Waals surface area contributed by atoms with Gasteiger partial charge in [-0.25, -0.2) is 0 Å². The van der Waals surface area contributed by atoms with Crippen LogP contribution in [0.2, 0.25) is 0 Å². The largest absolute Gasteiger partial charge is 0.492 e. The van der Waals surface area contributed by atoms with Crippen LogP contribution in [-0.4, -0.2) is 38.2 Å². The van der Waals surface area contributed by atoms with Crippen molar-refractivity contribution < 1.29 is 4.74 Å². The van der Waals surface area contributed by atoms with Gasteiger partial charge in [0.05, 0.1) is 0 Å². The number of hydrogen-bond donors (Lipinski definition) is 1. The van der Waals surface area contributed by atoms with Crippen molar-refractivity contribution >= 4 is 0 Å². The molecule has 0 heterocycles. The molecule has 108 valence electrons. The fourth-order valence-electron chi connectivity index (χ4n) is 2.26. The number of ether oxygens (including phenoxy) is 1. The number of nitrogens with zero attached hydrogens (tertiary/aromatic N) is 1. The summed E-state index contributed by atoms with van der Waals surface area (Å²) in [4.78, 5) is 2.37. The van der Waals surface area contributed by atoms with Gasteiger partial charge in [0.15, 0.2) is 0 Å². The summed E-state index contributed by atoms with van der Waals surface area (Å²) in [6.45, 7) is 10.5. The average molecular weight is 264 g/mol. The molecule has 0 aliphatic carbocycles. The van der Waals surface area contributed by atoms with Gasteiger partial charge in [-0.3, -0.25) is 0 Å². The first kappa shape index (κ1) is 16.0. The summed E-state index contributed by atoms with van der Waals surface area (Å²) in [6, 6.07) is 8.82. The van der Waals surface area contributed by atoms with Gasteiger partial charge < -0.3 is 15.0 Å². The van der Waals surface area contributed by atoms with Crippen LogP contribution in [0.5, 0.6) is 5.75 Å². The van der Waals surface area contributed by atoms with Crippen LogP contribution in [0, 0.1) is 0 Å². The molecule has 0 saturated heterocycles. The van der Waals surface area contributed by atoms with E-state index >= 15 is 0 Å². The summed E-state index contributed by atoms with van der Waals surface area (Å²) in [7, 11) is 2.00. The molecule has 0 bridgehead atoms. The molecule has 0 spiro atoms. The Kier molecular flexibility index (Phi) is 7.53. The van der Waals surface area contributed by atoms with Gasteiger partial charge >= 0.3 is 0 Å². The maximum atomic E-state index is 5.85. The van der Waals surface area contributed by atoms with Crippen LogP contribution in [0.4, 0.5) is 0 Å². The molecule has 19 heavy (non-hydrogen) atoms. The topological polar surface area (TPSA) is 24.5 Å². The molecule has 3 nitrogen and oxygen atoms in total. The second-order valence-corrected chi connectivity index (χ2v) is 4.70. The molecular formula is C16H28N2O. The number of rotatable bonds is 9. The molecule has 0 aliphatic heterocycles. The smallest absolute Gasteiger partial charge is 0.119 e. The minimum Gasteiger partial charge on any atom is -0.492 e. The van der Waals surface area contributed by atoms with E-state index in [2.05, 4.69) is 49.2 Å². The third-order valence-corrected chi connectivity index (χ3v) is 3.59. The number of hydrogen-bond acceptors (Lipinski definition) is 3. The minimum absolute atomic E-state index is 0.409. The molecule has 1 aromatic carbocycles. The van der Waals surface area contributed by atoms with Crippen LogP contribution in [-0.2, 0) is 0 Å². The lowest BCUT2D eigenvalue weighted by Gasteiger charge is -2.19. The zero-order valence-corrected chi connectivity index (χ0v) is 12.8. The molecule has 0 fully saturated rings. The normalized spacial score (nSPS) is 12.7. The molecule has 0 amide bonds. The maximum absolute atomic E-state index is 5.85. The molecule has 1 rings (SSSR count). The van der Waals surface area contributed by atoms with Crippen molar-refractivity contribution in [1.29, 1.82) is 0 Å². The van der Waals surface area contributed by atoms with Crippen LogP contribution < -0.4 is 10.1 Å². The second kappa shape index (κ2) is 8.94. The van der Waals surface area contributed by atoms with Crippen molar-refractivity contribution in [2.45, 2.75) is 33.2 Å². The van der Waals surface area contributed by atoms with E-state index in [0.717, 1.165) is 38.4 Å². The fourth-order valence-corrected chi connectivity index (χ4v) is 2.26. The zero-order chi connectivity index (χ0) is 14.1. The molecule has 0 aliphatic rings. The molecule has 0 radical (unpaired) electrons. The van der Waals surface area contributed by atoms with E-state index in [4.69, 9.17) is 4.74 Å². The molecule has 0 aromatic heterocycles. The highest BCUT2D eigenvalue weighted by Crippen LogP contribution is 2.21. The van der Waals surface area contributed by atoms with E-state index in [9.17, 15) is 0 Å². The Balaban J connectivity index is 2.52. The van der Waals surface area contributed by atoms with Crippen LogP contribution in [0.3, 0.4) is 0 Å². The predicted molar refractivity (Wildman–Crippen MR) is 81.8 cm³/mol. The van der Waals surface area contributed by atoms with Crippen molar-refractivity contribution in [3.05, 3.63) is 29.8 Å². The third-order valence-electron chi connectivity index (χ3n) is 3.59. The van der Waals surface area contributed by atoms with Crippen molar-refractivity contribution in [2.75, 3.05) is 33.3 Å². The first-order chi connectivity index (χ1) is 9.24. The molecule has 0 saturated carbocycles. The third kappa shape index (κ3) is 5.21. The summed E-state index contributed by atoms with van der Waals surface area (Å²) in [5.74, 6) is 0.971. The van der Waals surface area contributed by atoms with E-state index < -0.39 is 0 Å². The number of likely N-dealkylation sites (N-methyl/N-ethyl adjacent to an activating group) is 1. The van der Waals surface area contributed by atoms with Crippen LogP contribution >= 0.6 is 0 Å². The standard InChI is InChI=1S/C16H28N2O/c1-5-16(17-4)14-9-8-10-15(13-14)19-12-11-18(6-2)7-3/h8-10,13,16-17H,5-7,11-12H2,1-4H3. The predicted octanol–water partition coefficient (Wildman–Crippen LogP) is 3.08. The SMILES string of the molecule is CCC(NC)c1cccc(OCCN(CC)CC)c1. The van der Waals surface area contributed by atoms with Crippen molar-refractivity contribution in [2.24, 2.45) is 0 Å². The summed E-state index contributed by atoms with van der Waals surface area (Å²) in [5.41, 5.74) is 1.30. The highest BCUT2D eigenvalue weighted by molar-refractivity contribution is 5.30. The Morgan fingerprint density at radius 1 is 1.21 bits per heavy atom. The van der Waals surface area contributed by atoms with Gasteiger partial charge in [0, 0.05) is 12.6 Å². The van der Waals surface area contributed by atoms with Crippen LogP contribution in [0.1, 0.15) is 38.8 Å². The molecule has 1 atom stereocenters. The molecule has 1 N–H and O–H groups in total. The Morgan fingerprint density at radius 2 is 1.95 bits per heavy atom. The highest BCUT2D eigenvalue weighted by Gasteiger charge is 2.07. The average Bonchev–Trinajstić information content (AvgIpc) is 2.45. The Labute approximate surface area is 118 Å². The van der Waals surface area contributed by atoms with Crippen molar-refractivity contribution in [3.8, 4) is 5.75 Å². The minimum atomic E-state index is 0.409. The van der Waals surface area contributed by atoms with Gasteiger partial charge in [-0.2, -0.15) is 0 Å². The lowest BCUT2D eigenvalue weighted by atomic mass is 10.0. The van der Waals surface area contributed by atoms with Crippen LogP contribution in [0.15, 0.2) is 24.3 Å². The van der Waals surface area contributed by atoms with E-state index in [1.807, 2.05) is 13.1 Å². The summed E-state index contributed by atoms with van der Waals surface area (Å²) in [6.07, 6.45) is 1.08. The van der Waals surface area contributed by atoms with Gasteiger partial charge in [-0.05, 0) is 44.3 Å². The van der Waals surface area contributed by atoms with E-state index in [-0.39, 0.29) is 0 Å². The molecular weight excluding hydrogens is 236 g/mol. The number of benzene rings is 1. The van der Waals surface area contributed by atoms with Crippen molar-refractivity contribution in [3.63, 3.8) is 0 Å². The number of nitrogens with one attached hydrogen (secondary N) is 1. The molecule has 3 heteroatoms. The van der Waals surface area contributed by atoms with E-state index in [0.29, 0.717) is 6.04 Å². The van der Waals surface area contributed by atoms with E-state index in [1.54, 1.807) is 0 Å². The fraction of sp³-hybridized carbons (Fsp3) is 0.625. The summed E-state index contributed by atoms with van der Waals surface area (Å²) in [5, 5.41) is 3.32. The first-order valence-corrected chi connectivity index (χ1v) is 7.37. The van der Waals surface area contributed by atoms with Crippen molar-refractivity contribution in [1.82, 2.24) is 10.2 Å². The Morgan fingerprint density at radius 3 is 2.53 bits per heavy atom. The maximum Gasteiger partial charge on any atom is 0.119 e. The van der Waals surface area contributed by atoms with Gasteiger partial charge in [0.1, 0.15) is 12.4 Å². The first-order valence-electron chi connectivity index (χ1n) is 7.37. The Bertz CT molecular complexity index is 346. The monoisotopic (exact) mass is 264 g/mol. The lowest BCUT2D eigenvalue weighted by molar-refractivity contribution is 0.222. The van der Waals surface area contributed by atoms with Gasteiger partial charge in [0.2, 0.25) is 0 Å². The molecule has 1 aromatic rings.